The number of hydrogen-bond donors (Lipinski definition) is 1. The summed E-state index contributed by atoms with van der Waals surface area (Å²) in [4.78, 5) is 12.1. The Balaban J connectivity index is 1.84. The smallest absolute Gasteiger partial charge is 0.416 e. The number of benzene rings is 3. The van der Waals surface area contributed by atoms with Gasteiger partial charge in [-0.3, -0.25) is 4.79 Å². The molecule has 0 aliphatic heterocycles. The molecule has 0 bridgehead atoms. The second-order valence-corrected chi connectivity index (χ2v) is 7.54. The Morgan fingerprint density at radius 3 is 2.55 bits per heavy atom. The maximum absolute atomic E-state index is 14.7. The Bertz CT molecular complexity index is 1520. The van der Waals surface area contributed by atoms with Gasteiger partial charge in [-0.2, -0.15) is 13.2 Å². The first kappa shape index (κ1) is 20.8. The zero-order valence-corrected chi connectivity index (χ0v) is 16.9. The predicted octanol–water partition coefficient (Wildman–Crippen LogP) is 6.16. The molecule has 4 nitrogen and oxygen atoms in total. The molecular formula is C25H15F4N2O2. The van der Waals surface area contributed by atoms with Crippen LogP contribution in [-0.2, 0) is 12.7 Å². The molecule has 1 amide bonds. The van der Waals surface area contributed by atoms with E-state index in [0.717, 1.165) is 18.2 Å². The molecule has 2 aromatic heterocycles. The molecule has 33 heavy (non-hydrogen) atoms. The van der Waals surface area contributed by atoms with E-state index in [-0.39, 0.29) is 5.56 Å². The number of furan rings is 1. The van der Waals surface area contributed by atoms with Gasteiger partial charge in [0.25, 0.3) is 0 Å². The zero-order valence-electron chi connectivity index (χ0n) is 16.9. The highest BCUT2D eigenvalue weighted by atomic mass is 19.4. The van der Waals surface area contributed by atoms with E-state index >= 15 is 0 Å². The average Bonchev–Trinajstić information content (AvgIpc) is 3.41. The molecule has 2 N–H and O–H groups in total. The molecule has 1 radical (unpaired) electrons. The van der Waals surface area contributed by atoms with Crippen LogP contribution in [0.5, 0.6) is 0 Å². The van der Waals surface area contributed by atoms with Gasteiger partial charge in [-0.25, -0.2) is 4.39 Å². The number of nitrogens with two attached hydrogens (primary N) is 1. The van der Waals surface area contributed by atoms with Crippen molar-refractivity contribution in [3.63, 3.8) is 0 Å². The number of aromatic nitrogens is 1. The molecule has 165 valence electrons. The lowest BCUT2D eigenvalue weighted by molar-refractivity contribution is -0.138. The molecular weight excluding hydrogens is 436 g/mol. The van der Waals surface area contributed by atoms with Crippen molar-refractivity contribution >= 4 is 27.7 Å². The summed E-state index contributed by atoms with van der Waals surface area (Å²) in [5, 5.41) is 0.926. The van der Waals surface area contributed by atoms with Gasteiger partial charge in [0, 0.05) is 27.5 Å². The Morgan fingerprint density at radius 2 is 1.85 bits per heavy atom. The highest BCUT2D eigenvalue weighted by molar-refractivity contribution is 6.18. The third kappa shape index (κ3) is 3.44. The van der Waals surface area contributed by atoms with Crippen molar-refractivity contribution < 1.29 is 26.8 Å². The summed E-state index contributed by atoms with van der Waals surface area (Å²) in [5.41, 5.74) is 5.72. The summed E-state index contributed by atoms with van der Waals surface area (Å²) in [7, 11) is 0. The van der Waals surface area contributed by atoms with Crippen molar-refractivity contribution in [2.45, 2.75) is 12.7 Å². The fourth-order valence-electron chi connectivity index (χ4n) is 4.16. The van der Waals surface area contributed by atoms with Gasteiger partial charge >= 0.3 is 6.18 Å². The molecule has 0 spiro atoms. The van der Waals surface area contributed by atoms with Crippen LogP contribution in [0.1, 0.15) is 21.5 Å². The van der Waals surface area contributed by atoms with Gasteiger partial charge in [-0.1, -0.05) is 12.1 Å². The Morgan fingerprint density at radius 1 is 1.06 bits per heavy atom. The highest BCUT2D eigenvalue weighted by Crippen LogP contribution is 2.37. The molecule has 0 aliphatic rings. The molecule has 8 heteroatoms. The van der Waals surface area contributed by atoms with Crippen LogP contribution >= 0.6 is 0 Å². The number of rotatable bonds is 4. The van der Waals surface area contributed by atoms with E-state index in [0.29, 0.717) is 33.1 Å². The van der Waals surface area contributed by atoms with Gasteiger partial charge < -0.3 is 14.7 Å². The molecule has 0 saturated heterocycles. The predicted molar refractivity (Wildman–Crippen MR) is 115 cm³/mol. The Kier molecular flexibility index (Phi) is 4.74. The van der Waals surface area contributed by atoms with Gasteiger partial charge in [0.2, 0.25) is 5.91 Å². The minimum atomic E-state index is -4.74. The van der Waals surface area contributed by atoms with Crippen molar-refractivity contribution in [3.8, 4) is 11.3 Å². The van der Waals surface area contributed by atoms with Crippen LogP contribution in [0.2, 0.25) is 0 Å². The van der Waals surface area contributed by atoms with E-state index in [9.17, 15) is 22.4 Å². The van der Waals surface area contributed by atoms with E-state index < -0.39 is 35.6 Å². The monoisotopic (exact) mass is 451 g/mol. The molecule has 3 aromatic carbocycles. The summed E-state index contributed by atoms with van der Waals surface area (Å²) in [6.07, 6.45) is -3.24. The molecule has 5 rings (SSSR count). The van der Waals surface area contributed by atoms with E-state index in [4.69, 9.17) is 10.2 Å². The second-order valence-electron chi connectivity index (χ2n) is 7.54. The van der Waals surface area contributed by atoms with Gasteiger partial charge in [0.15, 0.2) is 0 Å². The van der Waals surface area contributed by atoms with Crippen molar-refractivity contribution in [1.29, 1.82) is 0 Å². The topological polar surface area (TPSA) is 61.2 Å². The van der Waals surface area contributed by atoms with Crippen LogP contribution in [0.4, 0.5) is 17.6 Å². The first-order valence-electron chi connectivity index (χ1n) is 9.90. The van der Waals surface area contributed by atoms with E-state index in [1.165, 1.54) is 16.9 Å². The fourth-order valence-corrected chi connectivity index (χ4v) is 4.16. The summed E-state index contributed by atoms with van der Waals surface area (Å²) in [6, 6.07) is 17.5. The van der Waals surface area contributed by atoms with Gasteiger partial charge in [-0.05, 0) is 54.6 Å². The van der Waals surface area contributed by atoms with Crippen molar-refractivity contribution in [1.82, 2.24) is 4.57 Å². The number of amides is 1. The molecule has 2 heterocycles. The number of carbonyl (C=O) groups excluding carboxylic acids is 1. The third-order valence-corrected chi connectivity index (χ3v) is 5.61. The lowest BCUT2D eigenvalue weighted by Crippen LogP contribution is -2.14. The number of fused-ring (bicyclic) bond motifs is 3. The van der Waals surface area contributed by atoms with Crippen LogP contribution in [0.15, 0.2) is 71.3 Å². The quantitative estimate of drug-likeness (QED) is 0.333. The van der Waals surface area contributed by atoms with Crippen molar-refractivity contribution in [2.24, 2.45) is 5.73 Å². The lowest BCUT2D eigenvalue weighted by Gasteiger charge is -2.16. The Hall–Kier alpha value is -4.07. The number of primary amides is 1. The molecule has 5 aromatic rings. The van der Waals surface area contributed by atoms with Crippen molar-refractivity contribution in [3.05, 3.63) is 95.5 Å². The normalized spacial score (nSPS) is 12.0. The van der Waals surface area contributed by atoms with Crippen LogP contribution in [0.25, 0.3) is 33.1 Å². The Labute approximate surface area is 184 Å². The first-order valence-corrected chi connectivity index (χ1v) is 9.90. The number of halogens is 4. The van der Waals surface area contributed by atoms with E-state index in [1.807, 2.05) is 0 Å². The number of alkyl halides is 3. The molecule has 0 fully saturated rings. The van der Waals surface area contributed by atoms with Gasteiger partial charge in [0.05, 0.1) is 29.4 Å². The standard InChI is InChI=1S/C25H15F4N2O2/c26-19-6-2-5-18(25(27,28)29)17(19)13-31-20-7-1-4-16(24(30)32)23(20)15-10-9-14(12-21(15)31)22-8-3-11-33-22/h1-9,11-12H,13H2,(H2,30,32). The van der Waals surface area contributed by atoms with E-state index in [1.54, 1.807) is 36.4 Å². The second kappa shape index (κ2) is 7.51. The highest BCUT2D eigenvalue weighted by Gasteiger charge is 2.34. The van der Waals surface area contributed by atoms with Gasteiger partial charge in [-0.15, -0.1) is 0 Å². The molecule has 0 aliphatic carbocycles. The lowest BCUT2D eigenvalue weighted by atomic mass is 10.0. The van der Waals surface area contributed by atoms with Crippen LogP contribution in [0, 0.1) is 11.9 Å². The van der Waals surface area contributed by atoms with Gasteiger partial charge in [0.1, 0.15) is 11.6 Å². The number of carbonyl (C=O) groups is 1. The fraction of sp³-hybridized carbons (Fsp3) is 0.0800. The number of hydrogen-bond acceptors (Lipinski definition) is 2. The minimum absolute atomic E-state index is 0.197. The zero-order chi connectivity index (χ0) is 23.3. The maximum Gasteiger partial charge on any atom is 0.416 e. The maximum atomic E-state index is 14.7. The van der Waals surface area contributed by atoms with Crippen molar-refractivity contribution in [2.75, 3.05) is 0 Å². The summed E-state index contributed by atoms with van der Waals surface area (Å²) in [6.45, 7) is -0.417. The minimum Gasteiger partial charge on any atom is -0.464 e. The summed E-state index contributed by atoms with van der Waals surface area (Å²) < 4.78 is 62.6. The van der Waals surface area contributed by atoms with Crippen LogP contribution in [0.3, 0.4) is 0 Å². The average molecular weight is 451 g/mol. The van der Waals surface area contributed by atoms with Crippen LogP contribution in [-0.4, -0.2) is 10.5 Å². The molecule has 0 saturated carbocycles. The summed E-state index contributed by atoms with van der Waals surface area (Å²) >= 11 is 0. The summed E-state index contributed by atoms with van der Waals surface area (Å²) in [5.74, 6) is -1.14. The number of nitrogens with zero attached hydrogens (tertiary/aromatic N) is 1. The molecule has 0 unspecified atom stereocenters. The third-order valence-electron chi connectivity index (χ3n) is 5.61. The van der Waals surface area contributed by atoms with E-state index in [2.05, 4.69) is 6.07 Å². The SMILES string of the molecule is NC(=O)c1cccc2c1c1[c]cc(-c3ccco3)cc1n2Cc1c(F)cccc1C(F)(F)F. The first-order chi connectivity index (χ1) is 15.8. The molecule has 0 atom stereocenters. The largest absolute Gasteiger partial charge is 0.464 e. The van der Waals surface area contributed by atoms with Crippen LogP contribution < -0.4 is 5.73 Å².